The predicted octanol–water partition coefficient (Wildman–Crippen LogP) is 0.627. The van der Waals surface area contributed by atoms with Crippen molar-refractivity contribution < 1.29 is 4.79 Å². The van der Waals surface area contributed by atoms with Crippen LogP contribution in [0.5, 0.6) is 0 Å². The number of aromatic amines is 1. The van der Waals surface area contributed by atoms with Gasteiger partial charge in [0.2, 0.25) is 0 Å². The monoisotopic (exact) mass is 289 g/mol. The van der Waals surface area contributed by atoms with Gasteiger partial charge in [-0.1, -0.05) is 0 Å². The van der Waals surface area contributed by atoms with Gasteiger partial charge in [-0.25, -0.2) is 4.79 Å². The second kappa shape index (κ2) is 5.94. The molecule has 0 aliphatic carbocycles. The summed E-state index contributed by atoms with van der Waals surface area (Å²) in [4.78, 5) is 14.1. The van der Waals surface area contributed by atoms with Crippen molar-refractivity contribution in [3.05, 3.63) is 30.1 Å². The molecule has 8 heteroatoms. The maximum Gasteiger partial charge on any atom is 0.317 e. The van der Waals surface area contributed by atoms with Crippen LogP contribution in [0.25, 0.3) is 0 Å². The Morgan fingerprint density at radius 1 is 1.57 bits per heavy atom. The van der Waals surface area contributed by atoms with Crippen LogP contribution < -0.4 is 5.32 Å². The van der Waals surface area contributed by atoms with Crippen LogP contribution in [0.1, 0.15) is 30.3 Å². The molecule has 2 N–H and O–H groups in total. The predicted molar refractivity (Wildman–Crippen MR) is 75.4 cm³/mol. The molecular weight excluding hydrogens is 270 g/mol. The van der Waals surface area contributed by atoms with Crippen molar-refractivity contribution in [2.45, 2.75) is 25.3 Å². The fourth-order valence-corrected chi connectivity index (χ4v) is 2.70. The van der Waals surface area contributed by atoms with Gasteiger partial charge < -0.3 is 14.8 Å². The minimum absolute atomic E-state index is 0.0449. The van der Waals surface area contributed by atoms with Crippen molar-refractivity contribution >= 4 is 6.03 Å². The lowest BCUT2D eigenvalue weighted by molar-refractivity contribution is 0.177. The van der Waals surface area contributed by atoms with Gasteiger partial charge in [0, 0.05) is 32.3 Å². The van der Waals surface area contributed by atoms with Crippen molar-refractivity contribution in [1.82, 2.24) is 35.2 Å². The van der Waals surface area contributed by atoms with Gasteiger partial charge in [0.25, 0.3) is 0 Å². The third kappa shape index (κ3) is 3.04. The number of piperidine rings is 1. The lowest BCUT2D eigenvalue weighted by atomic mass is 9.97. The van der Waals surface area contributed by atoms with E-state index < -0.39 is 0 Å². The van der Waals surface area contributed by atoms with Crippen LogP contribution >= 0.6 is 0 Å². The van der Waals surface area contributed by atoms with Gasteiger partial charge in [0.1, 0.15) is 12.2 Å². The average Bonchev–Trinajstić information content (AvgIpc) is 3.16. The van der Waals surface area contributed by atoms with E-state index in [1.54, 1.807) is 12.5 Å². The normalized spacial score (nSPS) is 18.7. The molecule has 1 unspecified atom stereocenters. The van der Waals surface area contributed by atoms with Gasteiger partial charge in [0.15, 0.2) is 0 Å². The molecule has 3 rings (SSSR count). The lowest BCUT2D eigenvalue weighted by Crippen LogP contribution is -2.45. The van der Waals surface area contributed by atoms with Crippen LogP contribution in [-0.2, 0) is 13.6 Å². The number of nitrogens with one attached hydrogen (secondary N) is 2. The number of carbonyl (C=O) groups is 1. The molecule has 0 radical (unpaired) electrons. The molecule has 1 aliphatic rings. The molecule has 2 aromatic rings. The number of hydrogen-bond donors (Lipinski definition) is 2. The Kier molecular flexibility index (Phi) is 3.85. The topological polar surface area (TPSA) is 91.7 Å². The molecule has 1 aliphatic heterocycles. The Balaban J connectivity index is 1.58. The quantitative estimate of drug-likeness (QED) is 0.867. The number of urea groups is 1. The number of hydrogen-bond acceptors (Lipinski definition) is 4. The molecule has 1 saturated heterocycles. The van der Waals surface area contributed by atoms with Crippen molar-refractivity contribution in [3.63, 3.8) is 0 Å². The number of amides is 2. The van der Waals surface area contributed by atoms with Gasteiger partial charge in [-0.05, 0) is 18.9 Å². The summed E-state index contributed by atoms with van der Waals surface area (Å²) in [5.41, 5.74) is 0.894. The second-order valence-electron chi connectivity index (χ2n) is 5.33. The third-order valence-electron chi connectivity index (χ3n) is 3.81. The average molecular weight is 289 g/mol. The first-order valence-corrected chi connectivity index (χ1v) is 7.09. The van der Waals surface area contributed by atoms with Gasteiger partial charge in [0.05, 0.1) is 12.2 Å². The Bertz CT molecular complexity index is 591. The molecule has 3 heterocycles. The number of likely N-dealkylation sites (tertiary alicyclic amines) is 1. The second-order valence-corrected chi connectivity index (χ2v) is 5.33. The van der Waals surface area contributed by atoms with Gasteiger partial charge in [-0.3, -0.25) is 5.10 Å². The fourth-order valence-electron chi connectivity index (χ4n) is 2.70. The van der Waals surface area contributed by atoms with Crippen LogP contribution in [0.2, 0.25) is 0 Å². The summed E-state index contributed by atoms with van der Waals surface area (Å²) in [6.07, 6.45) is 5.39. The highest BCUT2D eigenvalue weighted by Gasteiger charge is 2.27. The highest BCUT2D eigenvalue weighted by atomic mass is 16.2. The fraction of sp³-hybridized carbons (Fsp3) is 0.538. The Labute approximate surface area is 122 Å². The largest absolute Gasteiger partial charge is 0.332 e. The summed E-state index contributed by atoms with van der Waals surface area (Å²) in [6, 6.07) is 1.80. The van der Waals surface area contributed by atoms with E-state index in [1.807, 2.05) is 22.6 Å². The van der Waals surface area contributed by atoms with Crippen LogP contribution in [0.3, 0.4) is 0 Å². The Morgan fingerprint density at radius 3 is 3.19 bits per heavy atom. The highest BCUT2D eigenvalue weighted by molar-refractivity contribution is 5.74. The van der Waals surface area contributed by atoms with Crippen molar-refractivity contribution in [1.29, 1.82) is 0 Å². The van der Waals surface area contributed by atoms with Crippen LogP contribution in [-0.4, -0.2) is 49.0 Å². The number of carbonyl (C=O) groups excluding carboxylic acids is 1. The summed E-state index contributed by atoms with van der Waals surface area (Å²) in [7, 11) is 1.94. The first-order chi connectivity index (χ1) is 10.2. The maximum atomic E-state index is 12.2. The Hall–Kier alpha value is -2.38. The zero-order valence-corrected chi connectivity index (χ0v) is 12.0. The van der Waals surface area contributed by atoms with Crippen molar-refractivity contribution in [2.75, 3.05) is 13.1 Å². The van der Waals surface area contributed by atoms with Gasteiger partial charge in [-0.2, -0.15) is 5.10 Å². The smallest absolute Gasteiger partial charge is 0.317 e. The maximum absolute atomic E-state index is 12.2. The molecule has 0 spiro atoms. The van der Waals surface area contributed by atoms with E-state index in [2.05, 4.69) is 25.7 Å². The molecule has 8 nitrogen and oxygen atoms in total. The SMILES string of the molecule is Cn1cnnc1C1CCCN(C(=O)NCc2ccn[nH]2)C1. The van der Waals surface area contributed by atoms with Gasteiger partial charge in [-0.15, -0.1) is 10.2 Å². The van der Waals surface area contributed by atoms with Crippen LogP contribution in [0.15, 0.2) is 18.6 Å². The van der Waals surface area contributed by atoms with E-state index in [1.165, 1.54) is 0 Å². The van der Waals surface area contributed by atoms with E-state index in [0.29, 0.717) is 13.1 Å². The molecule has 112 valence electrons. The molecule has 0 bridgehead atoms. The molecule has 1 fully saturated rings. The standard InChI is InChI=1S/C13H19N7O/c1-19-9-16-18-12(19)10-3-2-6-20(8-10)13(21)14-7-11-4-5-15-17-11/h4-5,9-10H,2-3,6-8H2,1H3,(H,14,21)(H,15,17). The van der Waals surface area contributed by atoms with Crippen molar-refractivity contribution in [2.24, 2.45) is 7.05 Å². The lowest BCUT2D eigenvalue weighted by Gasteiger charge is -2.32. The molecule has 0 aromatic carbocycles. The Morgan fingerprint density at radius 2 is 2.48 bits per heavy atom. The summed E-state index contributed by atoms with van der Waals surface area (Å²) < 4.78 is 1.93. The number of aromatic nitrogens is 5. The van der Waals surface area contributed by atoms with E-state index in [-0.39, 0.29) is 11.9 Å². The highest BCUT2D eigenvalue weighted by Crippen LogP contribution is 2.24. The van der Waals surface area contributed by atoms with Gasteiger partial charge >= 0.3 is 6.03 Å². The molecule has 2 amide bonds. The number of aryl methyl sites for hydroxylation is 1. The molecule has 1 atom stereocenters. The van der Waals surface area contributed by atoms with Crippen LogP contribution in [0.4, 0.5) is 4.79 Å². The van der Waals surface area contributed by atoms with E-state index >= 15 is 0 Å². The number of nitrogens with zero attached hydrogens (tertiary/aromatic N) is 5. The molecule has 0 saturated carbocycles. The van der Waals surface area contributed by atoms with Crippen molar-refractivity contribution in [3.8, 4) is 0 Å². The minimum Gasteiger partial charge on any atom is -0.332 e. The zero-order valence-electron chi connectivity index (χ0n) is 12.0. The summed E-state index contributed by atoms with van der Waals surface area (Å²) >= 11 is 0. The van der Waals surface area contributed by atoms with E-state index in [0.717, 1.165) is 30.9 Å². The number of rotatable bonds is 3. The number of H-pyrrole nitrogens is 1. The van der Waals surface area contributed by atoms with E-state index in [4.69, 9.17) is 0 Å². The molecule has 21 heavy (non-hydrogen) atoms. The minimum atomic E-state index is -0.0449. The summed E-state index contributed by atoms with van der Waals surface area (Å²) in [5.74, 6) is 1.20. The van der Waals surface area contributed by atoms with Crippen LogP contribution in [0, 0.1) is 0 Å². The zero-order chi connectivity index (χ0) is 14.7. The molecule has 2 aromatic heterocycles. The first-order valence-electron chi connectivity index (χ1n) is 7.09. The summed E-state index contributed by atoms with van der Waals surface area (Å²) in [5, 5.41) is 17.7. The van der Waals surface area contributed by atoms with E-state index in [9.17, 15) is 4.79 Å². The first kappa shape index (κ1) is 13.6. The third-order valence-corrected chi connectivity index (χ3v) is 3.81. The molecular formula is C13H19N7O. The summed E-state index contributed by atoms with van der Waals surface area (Å²) in [6.45, 7) is 1.93.